The zero-order valence-electron chi connectivity index (χ0n) is 9.04. The molecule has 1 rings (SSSR count). The molecule has 1 unspecified atom stereocenters. The Morgan fingerprint density at radius 2 is 2.00 bits per heavy atom. The molecule has 0 heterocycles. The molecule has 0 aromatic heterocycles. The second kappa shape index (κ2) is 5.89. The minimum atomic E-state index is -1.09. The van der Waals surface area contributed by atoms with Gasteiger partial charge in [0.15, 0.2) is 0 Å². The highest BCUT2D eigenvalue weighted by atomic mass is 35.5. The van der Waals surface area contributed by atoms with Gasteiger partial charge in [0, 0.05) is 13.3 Å². The number of carbonyl (C=O) groups excluding carboxylic acids is 1. The van der Waals surface area contributed by atoms with Crippen LogP contribution in [0.25, 0.3) is 0 Å². The normalized spacial score (nSPS) is 11.9. The Labute approximate surface area is 109 Å². The summed E-state index contributed by atoms with van der Waals surface area (Å²) in [6, 6.07) is 3.88. The fourth-order valence-corrected chi connectivity index (χ4v) is 1.67. The molecule has 2 N–H and O–H groups in total. The Morgan fingerprint density at radius 3 is 2.47 bits per heavy atom. The summed E-state index contributed by atoms with van der Waals surface area (Å²) in [5.41, 5.74) is 0.695. The van der Waals surface area contributed by atoms with Crippen molar-refractivity contribution in [1.82, 2.24) is 5.32 Å². The van der Waals surface area contributed by atoms with Crippen molar-refractivity contribution in [3.8, 4) is 0 Å². The minimum Gasteiger partial charge on any atom is -0.480 e. The first-order chi connectivity index (χ1) is 7.90. The molecule has 0 spiro atoms. The van der Waals surface area contributed by atoms with Crippen LogP contribution in [0.15, 0.2) is 18.2 Å². The molecule has 1 atom stereocenters. The van der Waals surface area contributed by atoms with Gasteiger partial charge in [0.25, 0.3) is 0 Å². The Hall–Kier alpha value is -1.26. The summed E-state index contributed by atoms with van der Waals surface area (Å²) < 4.78 is 0. The molecule has 1 amide bonds. The van der Waals surface area contributed by atoms with Crippen molar-refractivity contribution in [2.24, 2.45) is 0 Å². The molecule has 1 aromatic carbocycles. The van der Waals surface area contributed by atoms with E-state index < -0.39 is 17.9 Å². The van der Waals surface area contributed by atoms with Crippen molar-refractivity contribution in [2.45, 2.75) is 19.4 Å². The average molecular weight is 276 g/mol. The average Bonchev–Trinajstić information content (AvgIpc) is 2.21. The molecule has 0 radical (unpaired) electrons. The number of carboxylic acid groups (broad SMARTS) is 1. The van der Waals surface area contributed by atoms with E-state index in [4.69, 9.17) is 28.3 Å². The fraction of sp³-hybridized carbons (Fsp3) is 0.273. The maximum atomic E-state index is 10.9. The summed E-state index contributed by atoms with van der Waals surface area (Å²) in [5, 5.41) is 12.0. The largest absolute Gasteiger partial charge is 0.480 e. The summed E-state index contributed by atoms with van der Waals surface area (Å²) in [5.74, 6) is -1.48. The van der Waals surface area contributed by atoms with Crippen LogP contribution in [0.2, 0.25) is 10.0 Å². The van der Waals surface area contributed by atoms with Gasteiger partial charge in [0.2, 0.25) is 5.91 Å². The van der Waals surface area contributed by atoms with Gasteiger partial charge in [0.1, 0.15) is 6.04 Å². The number of halogens is 2. The van der Waals surface area contributed by atoms with Gasteiger partial charge in [0.05, 0.1) is 10.0 Å². The summed E-state index contributed by atoms with van der Waals surface area (Å²) >= 11 is 11.6. The quantitative estimate of drug-likeness (QED) is 0.885. The third-order valence-electron chi connectivity index (χ3n) is 2.10. The Morgan fingerprint density at radius 1 is 1.35 bits per heavy atom. The van der Waals surface area contributed by atoms with Gasteiger partial charge < -0.3 is 10.4 Å². The number of amides is 1. The second-order valence-electron chi connectivity index (χ2n) is 3.54. The Balaban J connectivity index is 2.82. The highest BCUT2D eigenvalue weighted by Gasteiger charge is 2.19. The number of hydrogen-bond donors (Lipinski definition) is 2. The van der Waals surface area contributed by atoms with E-state index in [1.54, 1.807) is 18.2 Å². The smallest absolute Gasteiger partial charge is 0.326 e. The van der Waals surface area contributed by atoms with Crippen LogP contribution in [0.1, 0.15) is 12.5 Å². The number of nitrogens with one attached hydrogen (secondary N) is 1. The third kappa shape index (κ3) is 4.24. The second-order valence-corrected chi connectivity index (χ2v) is 4.36. The molecule has 0 saturated carbocycles. The molecular weight excluding hydrogens is 265 g/mol. The van der Waals surface area contributed by atoms with Crippen LogP contribution < -0.4 is 5.32 Å². The predicted molar refractivity (Wildman–Crippen MR) is 65.4 cm³/mol. The lowest BCUT2D eigenvalue weighted by Gasteiger charge is -2.13. The molecule has 0 aliphatic heterocycles. The molecule has 92 valence electrons. The predicted octanol–water partition coefficient (Wildman–Crippen LogP) is 2.13. The van der Waals surface area contributed by atoms with Gasteiger partial charge in [-0.15, -0.1) is 0 Å². The molecular formula is C11H11Cl2NO3. The van der Waals surface area contributed by atoms with E-state index in [9.17, 15) is 9.59 Å². The standard InChI is InChI=1S/C11H11Cl2NO3/c1-6(15)14-10(11(16)17)5-7-2-3-8(12)9(13)4-7/h2-4,10H,5H2,1H3,(H,14,15)(H,16,17). The van der Waals surface area contributed by atoms with E-state index in [1.165, 1.54) is 6.92 Å². The first kappa shape index (κ1) is 13.8. The van der Waals surface area contributed by atoms with E-state index in [0.717, 1.165) is 0 Å². The third-order valence-corrected chi connectivity index (χ3v) is 2.84. The Kier molecular flexibility index (Phi) is 4.78. The zero-order chi connectivity index (χ0) is 13.0. The van der Waals surface area contributed by atoms with Crippen molar-refractivity contribution in [3.63, 3.8) is 0 Å². The Bertz CT molecular complexity index is 448. The summed E-state index contributed by atoms with van der Waals surface area (Å²) in [4.78, 5) is 21.8. The topological polar surface area (TPSA) is 66.4 Å². The lowest BCUT2D eigenvalue weighted by atomic mass is 10.1. The molecule has 17 heavy (non-hydrogen) atoms. The number of carboxylic acids is 1. The number of carbonyl (C=O) groups is 2. The highest BCUT2D eigenvalue weighted by molar-refractivity contribution is 6.42. The summed E-state index contributed by atoms with van der Waals surface area (Å²) in [6.45, 7) is 1.27. The van der Waals surface area contributed by atoms with Gasteiger partial charge >= 0.3 is 5.97 Å². The van der Waals surface area contributed by atoms with E-state index >= 15 is 0 Å². The fourth-order valence-electron chi connectivity index (χ4n) is 1.35. The number of rotatable bonds is 4. The van der Waals surface area contributed by atoms with Crippen LogP contribution >= 0.6 is 23.2 Å². The summed E-state index contributed by atoms with van der Waals surface area (Å²) in [6.07, 6.45) is 0.159. The molecule has 4 nitrogen and oxygen atoms in total. The van der Waals surface area contributed by atoms with Gasteiger partial charge in [-0.25, -0.2) is 4.79 Å². The highest BCUT2D eigenvalue weighted by Crippen LogP contribution is 2.23. The van der Waals surface area contributed by atoms with Gasteiger partial charge in [-0.05, 0) is 17.7 Å². The van der Waals surface area contributed by atoms with Crippen LogP contribution in [0.4, 0.5) is 0 Å². The molecule has 6 heteroatoms. The molecule has 0 saturated heterocycles. The van der Waals surface area contributed by atoms with Crippen LogP contribution in [-0.4, -0.2) is 23.0 Å². The van der Waals surface area contributed by atoms with Crippen molar-refractivity contribution in [2.75, 3.05) is 0 Å². The lowest BCUT2D eigenvalue weighted by Crippen LogP contribution is -2.41. The van der Waals surface area contributed by atoms with Gasteiger partial charge in [-0.1, -0.05) is 29.3 Å². The van der Waals surface area contributed by atoms with E-state index in [-0.39, 0.29) is 6.42 Å². The van der Waals surface area contributed by atoms with Crippen LogP contribution in [0, 0.1) is 0 Å². The van der Waals surface area contributed by atoms with E-state index in [1.807, 2.05) is 0 Å². The van der Waals surface area contributed by atoms with Crippen molar-refractivity contribution < 1.29 is 14.7 Å². The van der Waals surface area contributed by atoms with Crippen LogP contribution in [-0.2, 0) is 16.0 Å². The monoisotopic (exact) mass is 275 g/mol. The van der Waals surface area contributed by atoms with Crippen LogP contribution in [0.5, 0.6) is 0 Å². The molecule has 0 fully saturated rings. The van der Waals surface area contributed by atoms with E-state index in [0.29, 0.717) is 15.6 Å². The summed E-state index contributed by atoms with van der Waals surface area (Å²) in [7, 11) is 0. The first-order valence-corrected chi connectivity index (χ1v) is 5.59. The maximum absolute atomic E-state index is 10.9. The van der Waals surface area contributed by atoms with Crippen molar-refractivity contribution in [1.29, 1.82) is 0 Å². The van der Waals surface area contributed by atoms with Crippen LogP contribution in [0.3, 0.4) is 0 Å². The SMILES string of the molecule is CC(=O)NC(Cc1ccc(Cl)c(Cl)c1)C(=O)O. The number of benzene rings is 1. The van der Waals surface area contributed by atoms with Crippen molar-refractivity contribution in [3.05, 3.63) is 33.8 Å². The number of aliphatic carboxylic acids is 1. The molecule has 1 aromatic rings. The van der Waals surface area contributed by atoms with E-state index in [2.05, 4.69) is 5.32 Å². The molecule has 0 aliphatic rings. The zero-order valence-corrected chi connectivity index (χ0v) is 10.5. The lowest BCUT2D eigenvalue weighted by molar-refractivity contribution is -0.141. The minimum absolute atomic E-state index is 0.159. The molecule has 0 aliphatic carbocycles. The maximum Gasteiger partial charge on any atom is 0.326 e. The number of hydrogen-bond acceptors (Lipinski definition) is 2. The first-order valence-electron chi connectivity index (χ1n) is 4.84. The van der Waals surface area contributed by atoms with Crippen molar-refractivity contribution >= 4 is 35.1 Å². The van der Waals surface area contributed by atoms with Gasteiger partial charge in [-0.2, -0.15) is 0 Å². The van der Waals surface area contributed by atoms with Gasteiger partial charge in [-0.3, -0.25) is 4.79 Å². The molecule has 0 bridgehead atoms.